The van der Waals surface area contributed by atoms with Crippen molar-refractivity contribution in [2.24, 2.45) is 7.05 Å². The number of thioether (sulfide) groups is 1. The van der Waals surface area contributed by atoms with Gasteiger partial charge in [-0.2, -0.15) is 0 Å². The highest BCUT2D eigenvalue weighted by Gasteiger charge is 2.13. The maximum absolute atomic E-state index is 12.5. The van der Waals surface area contributed by atoms with Gasteiger partial charge in [-0.1, -0.05) is 23.9 Å². The summed E-state index contributed by atoms with van der Waals surface area (Å²) in [6.07, 6.45) is 3.42. The quantitative estimate of drug-likeness (QED) is 0.303. The Labute approximate surface area is 134 Å². The van der Waals surface area contributed by atoms with Crippen LogP contribution in [0.1, 0.15) is 0 Å². The number of aryl methyl sites for hydroxylation is 1. The van der Waals surface area contributed by atoms with Gasteiger partial charge in [0, 0.05) is 19.3 Å². The maximum Gasteiger partial charge on any atom is 0.261 e. The number of para-hydroxylation sites is 1. The number of nitrogens with zero attached hydrogens (tertiary/aromatic N) is 4. The van der Waals surface area contributed by atoms with Crippen LogP contribution in [-0.4, -0.2) is 25.2 Å². The molecule has 0 saturated carbocycles. The molecule has 3 aromatic heterocycles. The summed E-state index contributed by atoms with van der Waals surface area (Å²) in [7, 11) is 1.66. The van der Waals surface area contributed by atoms with Gasteiger partial charge in [-0.05, 0) is 18.4 Å². The molecule has 0 spiro atoms. The Bertz CT molecular complexity index is 1210. The van der Waals surface area contributed by atoms with Crippen LogP contribution in [0.3, 0.4) is 0 Å². The van der Waals surface area contributed by atoms with Crippen molar-refractivity contribution in [1.29, 1.82) is 0 Å². The minimum absolute atomic E-state index is 0.140. The lowest BCUT2D eigenvalue weighted by molar-refractivity contribution is 0.872. The minimum atomic E-state index is -0.196. The van der Waals surface area contributed by atoms with Crippen LogP contribution in [0.5, 0.6) is 0 Å². The first kappa shape index (κ1) is 14.0. The molecule has 0 fully saturated rings. The molecule has 0 aliphatic heterocycles. The van der Waals surface area contributed by atoms with Crippen molar-refractivity contribution >= 4 is 39.3 Å². The standard InChI is InChI=1S/C16H12N4O2S/c1-19-13-7-12(21)10-8-17-16(23-2)18-14(10)20(13)11-6-4-3-5-9(11)15(19)22/h3-8H,1-2H3. The van der Waals surface area contributed by atoms with E-state index in [1.165, 1.54) is 22.4 Å². The zero-order valence-corrected chi connectivity index (χ0v) is 13.3. The molecule has 0 saturated heterocycles. The molecule has 3 heterocycles. The molecule has 0 atom stereocenters. The number of benzene rings is 1. The number of aromatic nitrogens is 4. The monoisotopic (exact) mass is 324 g/mol. The molecule has 4 rings (SSSR count). The van der Waals surface area contributed by atoms with Gasteiger partial charge in [-0.15, -0.1) is 0 Å². The van der Waals surface area contributed by atoms with E-state index in [9.17, 15) is 9.59 Å². The van der Waals surface area contributed by atoms with Crippen LogP contribution in [-0.2, 0) is 7.05 Å². The molecule has 23 heavy (non-hydrogen) atoms. The molecule has 114 valence electrons. The van der Waals surface area contributed by atoms with Crippen molar-refractivity contribution in [1.82, 2.24) is 18.9 Å². The van der Waals surface area contributed by atoms with Crippen molar-refractivity contribution in [2.75, 3.05) is 6.26 Å². The molecule has 0 N–H and O–H groups in total. The third kappa shape index (κ3) is 1.90. The molecule has 0 bridgehead atoms. The van der Waals surface area contributed by atoms with Crippen molar-refractivity contribution < 1.29 is 0 Å². The summed E-state index contributed by atoms with van der Waals surface area (Å²) in [5.41, 5.74) is 1.41. The van der Waals surface area contributed by atoms with E-state index in [-0.39, 0.29) is 11.0 Å². The molecule has 0 aliphatic rings. The highest BCUT2D eigenvalue weighted by molar-refractivity contribution is 7.98. The lowest BCUT2D eigenvalue weighted by atomic mass is 10.2. The summed E-state index contributed by atoms with van der Waals surface area (Å²) in [5, 5.41) is 1.59. The average molecular weight is 324 g/mol. The summed E-state index contributed by atoms with van der Waals surface area (Å²) in [4.78, 5) is 33.6. The van der Waals surface area contributed by atoms with Crippen molar-refractivity contribution in [3.05, 3.63) is 57.1 Å². The van der Waals surface area contributed by atoms with Crippen molar-refractivity contribution in [2.45, 2.75) is 5.16 Å². The summed E-state index contributed by atoms with van der Waals surface area (Å²) in [5.74, 6) is 0. The van der Waals surface area contributed by atoms with Gasteiger partial charge in [0.05, 0.1) is 16.3 Å². The van der Waals surface area contributed by atoms with E-state index in [1.54, 1.807) is 19.3 Å². The number of pyridine rings is 1. The van der Waals surface area contributed by atoms with E-state index < -0.39 is 0 Å². The van der Waals surface area contributed by atoms with E-state index in [4.69, 9.17) is 0 Å². The minimum Gasteiger partial charge on any atom is -0.297 e. The highest BCUT2D eigenvalue weighted by atomic mass is 32.2. The van der Waals surface area contributed by atoms with Gasteiger partial charge in [0.25, 0.3) is 5.56 Å². The number of rotatable bonds is 1. The summed E-state index contributed by atoms with van der Waals surface area (Å²) >= 11 is 1.40. The number of hydrogen-bond acceptors (Lipinski definition) is 5. The normalized spacial score (nSPS) is 11.6. The van der Waals surface area contributed by atoms with Gasteiger partial charge in [-0.3, -0.25) is 18.6 Å². The fourth-order valence-electron chi connectivity index (χ4n) is 2.79. The van der Waals surface area contributed by atoms with E-state index in [1.807, 2.05) is 28.9 Å². The Morgan fingerprint density at radius 3 is 2.70 bits per heavy atom. The third-order valence-electron chi connectivity index (χ3n) is 3.92. The lowest BCUT2D eigenvalue weighted by Crippen LogP contribution is -2.22. The summed E-state index contributed by atoms with van der Waals surface area (Å²) < 4.78 is 3.32. The van der Waals surface area contributed by atoms with Gasteiger partial charge < -0.3 is 0 Å². The molecule has 0 amide bonds. The first-order valence-corrected chi connectivity index (χ1v) is 8.18. The Morgan fingerprint density at radius 2 is 1.91 bits per heavy atom. The highest BCUT2D eigenvalue weighted by Crippen LogP contribution is 2.19. The Morgan fingerprint density at radius 1 is 1.13 bits per heavy atom. The fourth-order valence-corrected chi connectivity index (χ4v) is 3.12. The predicted molar refractivity (Wildman–Crippen MR) is 91.3 cm³/mol. The number of hydrogen-bond donors (Lipinski definition) is 0. The zero-order valence-electron chi connectivity index (χ0n) is 12.5. The van der Waals surface area contributed by atoms with E-state index in [0.717, 1.165) is 5.52 Å². The van der Waals surface area contributed by atoms with Gasteiger partial charge in [0.2, 0.25) is 0 Å². The Hall–Kier alpha value is -2.67. The van der Waals surface area contributed by atoms with E-state index in [2.05, 4.69) is 9.97 Å². The molecule has 0 radical (unpaired) electrons. The molecule has 0 aliphatic carbocycles. The fraction of sp³-hybridized carbons (Fsp3) is 0.125. The van der Waals surface area contributed by atoms with E-state index in [0.29, 0.717) is 27.2 Å². The first-order chi connectivity index (χ1) is 11.1. The second-order valence-corrected chi connectivity index (χ2v) is 5.95. The summed E-state index contributed by atoms with van der Waals surface area (Å²) in [6, 6.07) is 8.77. The molecule has 0 unspecified atom stereocenters. The van der Waals surface area contributed by atoms with Crippen LogP contribution in [0, 0.1) is 0 Å². The maximum atomic E-state index is 12.5. The molecular formula is C16H12N4O2S. The number of fused-ring (bicyclic) bond motifs is 5. The van der Waals surface area contributed by atoms with Crippen molar-refractivity contribution in [3.63, 3.8) is 0 Å². The largest absolute Gasteiger partial charge is 0.297 e. The second-order valence-electron chi connectivity index (χ2n) is 5.18. The van der Waals surface area contributed by atoms with Crippen LogP contribution in [0.25, 0.3) is 27.6 Å². The average Bonchev–Trinajstić information content (AvgIpc) is 2.59. The first-order valence-electron chi connectivity index (χ1n) is 6.96. The SMILES string of the molecule is CSc1ncc2c(=O)cc3n(C)c(=O)c4ccccc4n3c2n1. The molecule has 6 nitrogen and oxygen atoms in total. The van der Waals surface area contributed by atoms with Gasteiger partial charge in [0.1, 0.15) is 5.65 Å². The Balaban J connectivity index is 2.43. The lowest BCUT2D eigenvalue weighted by Gasteiger charge is -2.13. The third-order valence-corrected chi connectivity index (χ3v) is 4.48. The topological polar surface area (TPSA) is 69.3 Å². The van der Waals surface area contributed by atoms with Crippen LogP contribution >= 0.6 is 11.8 Å². The van der Waals surface area contributed by atoms with E-state index >= 15 is 0 Å². The van der Waals surface area contributed by atoms with Crippen LogP contribution in [0.4, 0.5) is 0 Å². The molecule has 7 heteroatoms. The molecule has 1 aromatic carbocycles. The second kappa shape index (κ2) is 4.92. The predicted octanol–water partition coefficient (Wildman–Crippen LogP) is 1.82. The molecular weight excluding hydrogens is 312 g/mol. The summed E-state index contributed by atoms with van der Waals surface area (Å²) in [6.45, 7) is 0. The Kier molecular flexibility index (Phi) is 2.99. The van der Waals surface area contributed by atoms with Gasteiger partial charge >= 0.3 is 0 Å². The van der Waals surface area contributed by atoms with Crippen LogP contribution in [0.2, 0.25) is 0 Å². The van der Waals surface area contributed by atoms with Crippen molar-refractivity contribution in [3.8, 4) is 0 Å². The van der Waals surface area contributed by atoms with Gasteiger partial charge in [-0.25, -0.2) is 9.97 Å². The van der Waals surface area contributed by atoms with Crippen LogP contribution in [0.15, 0.2) is 51.3 Å². The van der Waals surface area contributed by atoms with Crippen LogP contribution < -0.4 is 11.0 Å². The zero-order chi connectivity index (χ0) is 16.1. The smallest absolute Gasteiger partial charge is 0.261 e. The van der Waals surface area contributed by atoms with Gasteiger partial charge in [0.15, 0.2) is 16.2 Å². The molecule has 4 aromatic rings.